The number of ether oxygens (including phenoxy) is 1. The molecule has 0 fully saturated rings. The molecule has 0 aromatic heterocycles. The molecule has 0 spiro atoms. The van der Waals surface area contributed by atoms with E-state index in [1.54, 1.807) is 24.3 Å². The lowest BCUT2D eigenvalue weighted by atomic mass is 10.1. The molecular formula is C18H22O7S2. The fourth-order valence-corrected chi connectivity index (χ4v) is 3.57. The molecule has 148 valence electrons. The Morgan fingerprint density at radius 2 is 1.74 bits per heavy atom. The monoisotopic (exact) mass is 414 g/mol. The predicted octanol–water partition coefficient (Wildman–Crippen LogP) is 2.92. The van der Waals surface area contributed by atoms with Crippen LogP contribution in [0.2, 0.25) is 0 Å². The second-order valence-corrected chi connectivity index (χ2v) is 8.12. The fraction of sp³-hybridized carbons (Fsp3) is 0.333. The lowest BCUT2D eigenvalue weighted by molar-refractivity contribution is 0.0382. The highest BCUT2D eigenvalue weighted by Gasteiger charge is 2.17. The lowest BCUT2D eigenvalue weighted by Gasteiger charge is -2.16. The molecule has 2 unspecified atom stereocenters. The molecule has 1 N–H and O–H groups in total. The van der Waals surface area contributed by atoms with Crippen molar-refractivity contribution in [1.82, 2.24) is 0 Å². The van der Waals surface area contributed by atoms with Crippen molar-refractivity contribution in [1.29, 1.82) is 0 Å². The molecule has 9 heteroatoms. The molecule has 2 atom stereocenters. The minimum atomic E-state index is -3.85. The zero-order chi connectivity index (χ0) is 19.9. The number of rotatable bonds is 10. The Labute approximate surface area is 161 Å². The van der Waals surface area contributed by atoms with Crippen molar-refractivity contribution in [2.45, 2.75) is 24.8 Å². The third-order valence-electron chi connectivity index (χ3n) is 3.66. The summed E-state index contributed by atoms with van der Waals surface area (Å²) < 4.78 is 59.4. The first-order valence-electron chi connectivity index (χ1n) is 8.16. The first-order valence-corrected chi connectivity index (χ1v) is 10.6. The quantitative estimate of drug-likeness (QED) is 0.362. The summed E-state index contributed by atoms with van der Waals surface area (Å²) in [6.07, 6.45) is -0.760. The molecule has 0 bridgehead atoms. The molecule has 0 heterocycles. The second-order valence-electron chi connectivity index (χ2n) is 5.88. The summed E-state index contributed by atoms with van der Waals surface area (Å²) in [5.41, 5.74) is 2.60. The van der Waals surface area contributed by atoms with Crippen LogP contribution in [-0.4, -0.2) is 37.0 Å². The van der Waals surface area contributed by atoms with Gasteiger partial charge in [-0.05, 0) is 31.5 Å². The van der Waals surface area contributed by atoms with Gasteiger partial charge >= 0.3 is 11.4 Å². The highest BCUT2D eigenvalue weighted by atomic mass is 32.2. The summed E-state index contributed by atoms with van der Waals surface area (Å²) in [7, 11) is -3.85. The van der Waals surface area contributed by atoms with E-state index in [0.29, 0.717) is 5.56 Å². The molecule has 0 aliphatic carbocycles. The van der Waals surface area contributed by atoms with Gasteiger partial charge in [-0.1, -0.05) is 47.5 Å². The van der Waals surface area contributed by atoms with Crippen LogP contribution in [0.1, 0.15) is 22.8 Å². The maximum absolute atomic E-state index is 12.1. The molecule has 7 nitrogen and oxygen atoms in total. The van der Waals surface area contributed by atoms with E-state index < -0.39 is 27.6 Å². The summed E-state index contributed by atoms with van der Waals surface area (Å²) in [4.78, 5) is 0.0738. The van der Waals surface area contributed by atoms with Gasteiger partial charge in [0, 0.05) is 0 Å². The number of benzene rings is 2. The van der Waals surface area contributed by atoms with Gasteiger partial charge in [-0.3, -0.25) is 12.9 Å². The predicted molar refractivity (Wildman–Crippen MR) is 101 cm³/mol. The van der Waals surface area contributed by atoms with E-state index in [1.807, 2.05) is 26.0 Å². The Morgan fingerprint density at radius 1 is 1.04 bits per heavy atom. The van der Waals surface area contributed by atoms with Gasteiger partial charge in [0.05, 0.1) is 24.7 Å². The molecule has 0 radical (unpaired) electrons. The summed E-state index contributed by atoms with van der Waals surface area (Å²) in [5.74, 6) is 0. The first kappa shape index (κ1) is 21.7. The standard InChI is InChI=1S/C18H22O7S2/c1-14-6-8-17(9-7-14)27(21,22)24-11-10-23-13-18(25-26(19)20)16-5-3-4-15(2)12-16/h3-9,12,18H,10-11,13H2,1-2H3,(H,19,20). The summed E-state index contributed by atoms with van der Waals surface area (Å²) in [5, 5.41) is 0. The molecule has 0 amide bonds. The van der Waals surface area contributed by atoms with Gasteiger partial charge in [0.2, 0.25) is 0 Å². The third-order valence-corrected chi connectivity index (χ3v) is 5.38. The van der Waals surface area contributed by atoms with Gasteiger partial charge < -0.3 is 4.74 Å². The van der Waals surface area contributed by atoms with Gasteiger partial charge in [-0.2, -0.15) is 12.6 Å². The van der Waals surface area contributed by atoms with Crippen LogP contribution in [0.15, 0.2) is 53.4 Å². The van der Waals surface area contributed by atoms with Gasteiger partial charge in [-0.25, -0.2) is 0 Å². The van der Waals surface area contributed by atoms with E-state index in [1.165, 1.54) is 12.1 Å². The molecular weight excluding hydrogens is 392 g/mol. The van der Waals surface area contributed by atoms with Crippen LogP contribution in [-0.2, 0) is 34.6 Å². The van der Waals surface area contributed by atoms with E-state index in [9.17, 15) is 12.6 Å². The van der Waals surface area contributed by atoms with Gasteiger partial charge in [0.15, 0.2) is 0 Å². The van der Waals surface area contributed by atoms with E-state index in [0.717, 1.165) is 11.1 Å². The van der Waals surface area contributed by atoms with Crippen LogP contribution in [0.25, 0.3) is 0 Å². The Balaban J connectivity index is 1.86. The minimum absolute atomic E-state index is 0.0190. The summed E-state index contributed by atoms with van der Waals surface area (Å²) >= 11 is -2.46. The van der Waals surface area contributed by atoms with Crippen LogP contribution in [0, 0.1) is 13.8 Å². The van der Waals surface area contributed by atoms with E-state index >= 15 is 0 Å². The molecule has 0 aliphatic rings. The van der Waals surface area contributed by atoms with Crippen LogP contribution >= 0.6 is 0 Å². The molecule has 0 aliphatic heterocycles. The first-order chi connectivity index (χ1) is 12.8. The number of aryl methyl sites for hydroxylation is 2. The highest BCUT2D eigenvalue weighted by Crippen LogP contribution is 2.20. The van der Waals surface area contributed by atoms with E-state index in [-0.39, 0.29) is 24.7 Å². The summed E-state index contributed by atoms with van der Waals surface area (Å²) in [6.45, 7) is 3.52. The number of hydrogen-bond donors (Lipinski definition) is 1. The SMILES string of the molecule is Cc1ccc(S(=O)(=O)OCCOCC(OS(=O)O)c2cccc(C)c2)cc1. The van der Waals surface area contributed by atoms with Crippen molar-refractivity contribution in [2.24, 2.45) is 0 Å². The zero-order valence-corrected chi connectivity index (χ0v) is 16.7. The second kappa shape index (κ2) is 10.1. The number of hydrogen-bond acceptors (Lipinski definition) is 6. The Hall–Kier alpha value is -1.62. The minimum Gasteiger partial charge on any atom is -0.376 e. The third kappa shape index (κ3) is 7.13. The summed E-state index contributed by atoms with van der Waals surface area (Å²) in [6, 6.07) is 13.6. The van der Waals surface area contributed by atoms with Crippen molar-refractivity contribution in [3.05, 3.63) is 65.2 Å². The van der Waals surface area contributed by atoms with Crippen LogP contribution in [0.5, 0.6) is 0 Å². The molecule has 2 aromatic carbocycles. The van der Waals surface area contributed by atoms with Crippen LogP contribution in [0.3, 0.4) is 0 Å². The van der Waals surface area contributed by atoms with Gasteiger partial charge in [-0.15, -0.1) is 0 Å². The maximum atomic E-state index is 12.1. The highest BCUT2D eigenvalue weighted by molar-refractivity contribution is 7.86. The fourth-order valence-electron chi connectivity index (χ4n) is 2.32. The average molecular weight is 415 g/mol. The largest absolute Gasteiger partial charge is 0.376 e. The molecule has 27 heavy (non-hydrogen) atoms. The van der Waals surface area contributed by atoms with Crippen molar-refractivity contribution < 1.29 is 30.3 Å². The molecule has 2 rings (SSSR count). The van der Waals surface area contributed by atoms with Crippen molar-refractivity contribution in [3.8, 4) is 0 Å². The van der Waals surface area contributed by atoms with Gasteiger partial charge in [0.25, 0.3) is 10.1 Å². The molecule has 0 saturated carbocycles. The molecule has 0 saturated heterocycles. The van der Waals surface area contributed by atoms with Gasteiger partial charge in [0.1, 0.15) is 6.10 Å². The lowest BCUT2D eigenvalue weighted by Crippen LogP contribution is -2.17. The maximum Gasteiger partial charge on any atom is 0.302 e. The van der Waals surface area contributed by atoms with E-state index in [2.05, 4.69) is 0 Å². The Kier molecular flexibility index (Phi) is 8.08. The van der Waals surface area contributed by atoms with Crippen LogP contribution < -0.4 is 0 Å². The van der Waals surface area contributed by atoms with Crippen molar-refractivity contribution >= 4 is 21.5 Å². The Morgan fingerprint density at radius 3 is 2.37 bits per heavy atom. The van der Waals surface area contributed by atoms with Crippen molar-refractivity contribution in [3.63, 3.8) is 0 Å². The van der Waals surface area contributed by atoms with Crippen molar-refractivity contribution in [2.75, 3.05) is 19.8 Å². The van der Waals surface area contributed by atoms with Crippen LogP contribution in [0.4, 0.5) is 0 Å². The average Bonchev–Trinajstić information content (AvgIpc) is 2.60. The normalized spacial score (nSPS) is 14.0. The zero-order valence-electron chi connectivity index (χ0n) is 15.0. The molecule has 2 aromatic rings. The van der Waals surface area contributed by atoms with E-state index in [4.69, 9.17) is 17.7 Å². The smallest absolute Gasteiger partial charge is 0.302 e. The Bertz CT molecular complexity index is 864. The topological polar surface area (TPSA) is 99.1 Å².